The molecular formula is C19H20FN5O. The highest BCUT2D eigenvalue weighted by molar-refractivity contribution is 5.98. The van der Waals surface area contributed by atoms with Crippen molar-refractivity contribution in [2.75, 3.05) is 18.8 Å². The fraction of sp³-hybridized carbons (Fsp3) is 0.316. The first-order chi connectivity index (χ1) is 12.6. The van der Waals surface area contributed by atoms with Gasteiger partial charge in [0.15, 0.2) is 0 Å². The van der Waals surface area contributed by atoms with Crippen LogP contribution in [0.2, 0.25) is 0 Å². The molecule has 0 saturated carbocycles. The smallest absolute Gasteiger partial charge is 0.270 e. The number of anilines is 1. The number of nitrogens with zero attached hydrogens (tertiary/aromatic N) is 3. The van der Waals surface area contributed by atoms with E-state index < -0.39 is 0 Å². The summed E-state index contributed by atoms with van der Waals surface area (Å²) < 4.78 is 13.4. The summed E-state index contributed by atoms with van der Waals surface area (Å²) in [5.74, 6) is 0.385. The van der Waals surface area contributed by atoms with Crippen molar-refractivity contribution >= 4 is 22.6 Å². The number of nitrogens with one attached hydrogen (secondary N) is 1. The third-order valence-electron chi connectivity index (χ3n) is 4.91. The molecule has 26 heavy (non-hydrogen) atoms. The van der Waals surface area contributed by atoms with Gasteiger partial charge in [-0.3, -0.25) is 9.78 Å². The van der Waals surface area contributed by atoms with Gasteiger partial charge in [-0.2, -0.15) is 0 Å². The second kappa shape index (κ2) is 6.74. The second-order valence-electron chi connectivity index (χ2n) is 6.77. The molecule has 3 aromatic rings. The zero-order valence-corrected chi connectivity index (χ0v) is 14.3. The van der Waals surface area contributed by atoms with Gasteiger partial charge >= 0.3 is 0 Å². The lowest BCUT2D eigenvalue weighted by Gasteiger charge is -2.32. The number of hydrogen-bond acceptors (Lipinski definition) is 4. The van der Waals surface area contributed by atoms with Crippen LogP contribution in [0.15, 0.2) is 36.7 Å². The molecule has 1 aliphatic rings. The molecule has 1 atom stereocenters. The molecule has 0 spiro atoms. The number of likely N-dealkylation sites (tertiary alicyclic amines) is 1. The summed E-state index contributed by atoms with van der Waals surface area (Å²) in [5, 5.41) is 0.703. The summed E-state index contributed by atoms with van der Waals surface area (Å²) in [6.45, 7) is 1.37. The van der Waals surface area contributed by atoms with Crippen molar-refractivity contribution in [3.8, 4) is 0 Å². The highest BCUT2D eigenvalue weighted by atomic mass is 19.1. The number of carbonyl (C=O) groups is 1. The van der Waals surface area contributed by atoms with Gasteiger partial charge in [-0.05, 0) is 49.4 Å². The van der Waals surface area contributed by atoms with Gasteiger partial charge in [0.2, 0.25) is 0 Å². The van der Waals surface area contributed by atoms with Crippen LogP contribution < -0.4 is 5.73 Å². The monoisotopic (exact) mass is 353 g/mol. The predicted molar refractivity (Wildman–Crippen MR) is 97.0 cm³/mol. The maximum absolute atomic E-state index is 13.4. The number of hydrogen-bond donors (Lipinski definition) is 2. The van der Waals surface area contributed by atoms with E-state index in [0.717, 1.165) is 30.6 Å². The van der Waals surface area contributed by atoms with Crippen molar-refractivity contribution in [1.29, 1.82) is 0 Å². The van der Waals surface area contributed by atoms with E-state index in [-0.39, 0.29) is 11.7 Å². The number of nitrogens with two attached hydrogens (primary N) is 1. The molecule has 0 radical (unpaired) electrons. The van der Waals surface area contributed by atoms with Crippen LogP contribution >= 0.6 is 0 Å². The number of H-pyrrole nitrogens is 1. The Hall–Kier alpha value is -2.96. The predicted octanol–water partition coefficient (Wildman–Crippen LogP) is 2.77. The summed E-state index contributed by atoms with van der Waals surface area (Å²) in [4.78, 5) is 26.2. The number of aromatic amines is 1. The number of aromatic nitrogens is 3. The maximum atomic E-state index is 13.4. The van der Waals surface area contributed by atoms with Crippen LogP contribution in [0.4, 0.5) is 10.2 Å². The summed E-state index contributed by atoms with van der Waals surface area (Å²) >= 11 is 0. The molecule has 1 aliphatic heterocycles. The van der Waals surface area contributed by atoms with Gasteiger partial charge in [-0.25, -0.2) is 9.37 Å². The van der Waals surface area contributed by atoms with Gasteiger partial charge in [0.25, 0.3) is 5.91 Å². The molecule has 6 nitrogen and oxygen atoms in total. The quantitative estimate of drug-likeness (QED) is 0.758. The van der Waals surface area contributed by atoms with Crippen molar-refractivity contribution < 1.29 is 9.18 Å². The van der Waals surface area contributed by atoms with E-state index in [1.165, 1.54) is 12.1 Å². The number of nitrogen functional groups attached to an aromatic ring is 1. The van der Waals surface area contributed by atoms with Gasteiger partial charge in [-0.1, -0.05) is 0 Å². The van der Waals surface area contributed by atoms with E-state index >= 15 is 0 Å². The molecule has 3 N–H and O–H groups in total. The highest BCUT2D eigenvalue weighted by Crippen LogP contribution is 2.24. The van der Waals surface area contributed by atoms with Crippen LogP contribution in [0.25, 0.3) is 10.9 Å². The molecule has 1 aromatic carbocycles. The average Bonchev–Trinajstić information content (AvgIpc) is 3.06. The van der Waals surface area contributed by atoms with Gasteiger partial charge in [-0.15, -0.1) is 0 Å². The molecule has 2 aromatic heterocycles. The summed E-state index contributed by atoms with van der Waals surface area (Å²) in [5.41, 5.74) is 7.92. The molecule has 0 unspecified atom stereocenters. The fourth-order valence-corrected chi connectivity index (χ4v) is 3.61. The van der Waals surface area contributed by atoms with Gasteiger partial charge in [0.1, 0.15) is 17.3 Å². The molecule has 3 heterocycles. The minimum atomic E-state index is -0.310. The Morgan fingerprint density at radius 2 is 2.15 bits per heavy atom. The summed E-state index contributed by atoms with van der Waals surface area (Å²) in [6.07, 6.45) is 5.89. The minimum Gasteiger partial charge on any atom is -0.382 e. The largest absolute Gasteiger partial charge is 0.382 e. The fourth-order valence-electron chi connectivity index (χ4n) is 3.61. The van der Waals surface area contributed by atoms with E-state index in [0.29, 0.717) is 35.8 Å². The van der Waals surface area contributed by atoms with Gasteiger partial charge < -0.3 is 15.6 Å². The Balaban J connectivity index is 1.49. The van der Waals surface area contributed by atoms with Gasteiger partial charge in [0, 0.05) is 36.4 Å². The van der Waals surface area contributed by atoms with E-state index in [4.69, 9.17) is 5.73 Å². The first kappa shape index (κ1) is 16.5. The van der Waals surface area contributed by atoms with Crippen LogP contribution in [0.3, 0.4) is 0 Å². The van der Waals surface area contributed by atoms with E-state index in [1.54, 1.807) is 24.5 Å². The normalized spacial score (nSPS) is 17.6. The molecule has 7 heteroatoms. The van der Waals surface area contributed by atoms with E-state index in [9.17, 15) is 9.18 Å². The van der Waals surface area contributed by atoms with Crippen LogP contribution in [-0.4, -0.2) is 38.8 Å². The van der Waals surface area contributed by atoms with Crippen molar-refractivity contribution in [2.45, 2.75) is 19.3 Å². The van der Waals surface area contributed by atoms with Crippen molar-refractivity contribution in [3.05, 3.63) is 53.9 Å². The second-order valence-corrected chi connectivity index (χ2v) is 6.77. The van der Waals surface area contributed by atoms with E-state index in [2.05, 4.69) is 15.0 Å². The Morgan fingerprint density at radius 1 is 1.31 bits per heavy atom. The van der Waals surface area contributed by atoms with Crippen LogP contribution in [-0.2, 0) is 6.42 Å². The number of halogens is 1. The van der Waals surface area contributed by atoms with Crippen LogP contribution in [0, 0.1) is 11.7 Å². The molecule has 1 saturated heterocycles. The lowest BCUT2D eigenvalue weighted by molar-refractivity contribution is 0.0668. The Kier molecular flexibility index (Phi) is 4.28. The number of piperidine rings is 1. The Morgan fingerprint density at radius 3 is 3.00 bits per heavy atom. The Bertz CT molecular complexity index is 954. The SMILES string of the molecule is Nc1nccnc1C[C@@H]1CCCN(C(=O)c2cc3cc(F)ccc3[nH]2)C1. The van der Waals surface area contributed by atoms with Crippen molar-refractivity contribution in [2.24, 2.45) is 5.92 Å². The van der Waals surface area contributed by atoms with Crippen molar-refractivity contribution in [1.82, 2.24) is 19.9 Å². The molecule has 4 rings (SSSR count). The standard InChI is InChI=1S/C19H20FN5O/c20-14-3-4-15-13(9-14)10-17(24-15)19(26)25-7-1-2-12(11-25)8-16-18(21)23-6-5-22-16/h3-6,9-10,12,24H,1-2,7-8,11H2,(H2,21,23)/t12-/m0/s1. The first-order valence-corrected chi connectivity index (χ1v) is 8.73. The van der Waals surface area contributed by atoms with Crippen molar-refractivity contribution in [3.63, 3.8) is 0 Å². The molecule has 134 valence electrons. The zero-order chi connectivity index (χ0) is 18.1. The van der Waals surface area contributed by atoms with E-state index in [1.807, 2.05) is 4.90 Å². The van der Waals surface area contributed by atoms with Crippen LogP contribution in [0.5, 0.6) is 0 Å². The number of fused-ring (bicyclic) bond motifs is 1. The third-order valence-corrected chi connectivity index (χ3v) is 4.91. The molecule has 0 bridgehead atoms. The molecule has 1 fully saturated rings. The molecule has 0 aliphatic carbocycles. The lowest BCUT2D eigenvalue weighted by Crippen LogP contribution is -2.40. The minimum absolute atomic E-state index is 0.0570. The zero-order valence-electron chi connectivity index (χ0n) is 14.3. The number of rotatable bonds is 3. The number of amides is 1. The first-order valence-electron chi connectivity index (χ1n) is 8.73. The van der Waals surface area contributed by atoms with Gasteiger partial charge in [0.05, 0.1) is 5.69 Å². The van der Waals surface area contributed by atoms with Crippen LogP contribution in [0.1, 0.15) is 29.0 Å². The third kappa shape index (κ3) is 3.24. The molecular weight excluding hydrogens is 333 g/mol. The Labute approximate surface area is 150 Å². The highest BCUT2D eigenvalue weighted by Gasteiger charge is 2.26. The maximum Gasteiger partial charge on any atom is 0.270 e. The average molecular weight is 353 g/mol. The summed E-state index contributed by atoms with van der Waals surface area (Å²) in [7, 11) is 0. The molecule has 1 amide bonds. The number of benzene rings is 1. The topological polar surface area (TPSA) is 87.9 Å². The lowest BCUT2D eigenvalue weighted by atomic mass is 9.93. The summed E-state index contributed by atoms with van der Waals surface area (Å²) in [6, 6.07) is 6.18. The number of carbonyl (C=O) groups excluding carboxylic acids is 1.